The molecular weight excluding hydrogens is 425 g/mol. The van der Waals surface area contributed by atoms with Gasteiger partial charge < -0.3 is 15.5 Å². The van der Waals surface area contributed by atoms with E-state index in [0.29, 0.717) is 25.1 Å². The Morgan fingerprint density at radius 1 is 1.28 bits per heavy atom. The van der Waals surface area contributed by atoms with E-state index in [9.17, 15) is 18.0 Å². The van der Waals surface area contributed by atoms with Crippen LogP contribution >= 0.6 is 0 Å². The Kier molecular flexibility index (Phi) is 7.06. The number of hydrazine groups is 1. The van der Waals surface area contributed by atoms with E-state index in [1.165, 1.54) is 0 Å². The van der Waals surface area contributed by atoms with Crippen molar-refractivity contribution in [2.45, 2.75) is 76.2 Å². The predicted molar refractivity (Wildman–Crippen MR) is 113 cm³/mol. The summed E-state index contributed by atoms with van der Waals surface area (Å²) in [6.07, 6.45) is 0.589. The summed E-state index contributed by atoms with van der Waals surface area (Å²) >= 11 is 0. The van der Waals surface area contributed by atoms with Crippen molar-refractivity contribution >= 4 is 18.1 Å². The Labute approximate surface area is 185 Å². The van der Waals surface area contributed by atoms with Crippen molar-refractivity contribution in [3.05, 3.63) is 30.1 Å². The van der Waals surface area contributed by atoms with Crippen molar-refractivity contribution in [3.63, 3.8) is 0 Å². The van der Waals surface area contributed by atoms with Crippen LogP contribution < -0.4 is 16.2 Å². The van der Waals surface area contributed by atoms with Crippen LogP contribution in [0.25, 0.3) is 0 Å². The molecule has 2 saturated carbocycles. The van der Waals surface area contributed by atoms with E-state index in [1.54, 1.807) is 24.5 Å². The average Bonchev–Trinajstić information content (AvgIpc) is 3.35. The molecule has 0 unspecified atom stereocenters. The first-order chi connectivity index (χ1) is 15.0. The van der Waals surface area contributed by atoms with Gasteiger partial charge in [0.05, 0.1) is 0 Å². The van der Waals surface area contributed by atoms with E-state index in [0.717, 1.165) is 5.70 Å². The molecule has 3 rings (SSSR count). The maximum absolute atomic E-state index is 13.0. The molecule has 1 amide bonds. The predicted octanol–water partition coefficient (Wildman–Crippen LogP) is 3.95. The van der Waals surface area contributed by atoms with Crippen molar-refractivity contribution in [2.24, 2.45) is 10.9 Å². The fourth-order valence-electron chi connectivity index (χ4n) is 3.41. The molecule has 2 atom stereocenters. The molecule has 0 spiro atoms. The Hall–Kier alpha value is -2.69. The summed E-state index contributed by atoms with van der Waals surface area (Å²) in [5.74, 6) is 0.489. The fraction of sp³-hybridized carbons (Fsp3) is 0.619. The summed E-state index contributed by atoms with van der Waals surface area (Å²) < 4.78 is 44.4. The van der Waals surface area contributed by atoms with Gasteiger partial charge in [-0.1, -0.05) is 0 Å². The molecule has 2 fully saturated rings. The zero-order valence-electron chi connectivity index (χ0n) is 18.4. The molecule has 2 aliphatic carbocycles. The monoisotopic (exact) mass is 454 g/mol. The smallest absolute Gasteiger partial charge is 0.411 e. The summed E-state index contributed by atoms with van der Waals surface area (Å²) in [5, 5.41) is 9.68. The summed E-state index contributed by atoms with van der Waals surface area (Å²) in [6.45, 7) is 6.01. The highest BCUT2D eigenvalue weighted by Gasteiger charge is 2.64. The van der Waals surface area contributed by atoms with E-state index < -0.39 is 23.9 Å². The number of nitrogens with zero attached hydrogens (tertiary/aromatic N) is 3. The molecule has 0 aromatic carbocycles. The second-order valence-electron chi connectivity index (χ2n) is 9.22. The molecule has 3 N–H and O–H groups in total. The normalized spacial score (nSPS) is 23.2. The number of aromatic nitrogens is 2. The second kappa shape index (κ2) is 9.43. The van der Waals surface area contributed by atoms with Crippen LogP contribution in [0.2, 0.25) is 0 Å². The number of carbonyl (C=O) groups excluding carboxylic acids is 1. The van der Waals surface area contributed by atoms with Crippen molar-refractivity contribution in [1.29, 1.82) is 0 Å². The lowest BCUT2D eigenvalue weighted by Gasteiger charge is -2.26. The molecule has 11 heteroatoms. The van der Waals surface area contributed by atoms with Crippen molar-refractivity contribution in [1.82, 2.24) is 26.4 Å². The van der Waals surface area contributed by atoms with Gasteiger partial charge in [0.25, 0.3) is 0 Å². The van der Waals surface area contributed by atoms with Crippen LogP contribution in [-0.4, -0.2) is 45.9 Å². The summed E-state index contributed by atoms with van der Waals surface area (Å²) in [6, 6.07) is 3.46. The van der Waals surface area contributed by atoms with E-state index in [1.807, 2.05) is 32.2 Å². The van der Waals surface area contributed by atoms with Gasteiger partial charge in [0, 0.05) is 29.6 Å². The van der Waals surface area contributed by atoms with E-state index >= 15 is 0 Å². The third kappa shape index (κ3) is 6.65. The van der Waals surface area contributed by atoms with E-state index in [2.05, 4.69) is 26.0 Å². The maximum atomic E-state index is 13.0. The standard InChI is InChI=1S/C21H29F3N6O2/c1-19(2,3)30-28-16(8-12-25-17-5-4-11-26-29-17)14-6-7-15(13-14)32-18(31)27-20(9-10-20)21(22,23)24/h4-5,8,11-12,14-15,28,30H,6-7,9-10,13H2,1-3H3,(H,27,31)/b16-8-,25-12?/t14-,15+/m0/s1. The van der Waals surface area contributed by atoms with Crippen LogP contribution in [0.3, 0.4) is 0 Å². The van der Waals surface area contributed by atoms with Crippen LogP contribution in [0.15, 0.2) is 35.1 Å². The summed E-state index contributed by atoms with van der Waals surface area (Å²) in [7, 11) is 0. The first kappa shape index (κ1) is 24.0. The number of halogens is 3. The molecule has 32 heavy (non-hydrogen) atoms. The number of rotatable bonds is 7. The maximum Gasteiger partial charge on any atom is 0.411 e. The molecular formula is C21H29F3N6O2. The number of alkyl halides is 3. The van der Waals surface area contributed by atoms with Gasteiger partial charge in [-0.3, -0.25) is 0 Å². The highest BCUT2D eigenvalue weighted by atomic mass is 19.4. The second-order valence-corrected chi connectivity index (χ2v) is 9.22. The SMILES string of the molecule is CC(C)(C)NN/C(=C\C=Nc1cccnn1)[C@H]1CC[C@@H](OC(=O)NC2(C(F)(F)F)CC2)C1. The molecule has 176 valence electrons. The zero-order chi connectivity index (χ0) is 23.4. The van der Waals surface area contributed by atoms with Crippen LogP contribution in [0.4, 0.5) is 23.8 Å². The van der Waals surface area contributed by atoms with E-state index in [-0.39, 0.29) is 24.3 Å². The molecule has 0 saturated heterocycles. The molecule has 1 aromatic rings. The van der Waals surface area contributed by atoms with Crippen molar-refractivity contribution < 1.29 is 22.7 Å². The summed E-state index contributed by atoms with van der Waals surface area (Å²) in [5.41, 5.74) is 4.93. The first-order valence-corrected chi connectivity index (χ1v) is 10.6. The van der Waals surface area contributed by atoms with E-state index in [4.69, 9.17) is 4.74 Å². The highest BCUT2D eigenvalue weighted by Crippen LogP contribution is 2.49. The van der Waals surface area contributed by atoms with Crippen molar-refractivity contribution in [3.8, 4) is 0 Å². The van der Waals surface area contributed by atoms with Crippen LogP contribution in [0.5, 0.6) is 0 Å². The molecule has 1 aromatic heterocycles. The largest absolute Gasteiger partial charge is 0.446 e. The fourth-order valence-corrected chi connectivity index (χ4v) is 3.41. The minimum atomic E-state index is -4.47. The zero-order valence-corrected chi connectivity index (χ0v) is 18.4. The highest BCUT2D eigenvalue weighted by molar-refractivity contribution is 5.74. The Morgan fingerprint density at radius 2 is 2.03 bits per heavy atom. The first-order valence-electron chi connectivity index (χ1n) is 10.6. The minimum absolute atomic E-state index is 0.0217. The van der Waals surface area contributed by atoms with Gasteiger partial charge in [0.15, 0.2) is 5.82 Å². The molecule has 0 bridgehead atoms. The number of aliphatic imine (C=N–C) groups is 1. The topological polar surface area (TPSA) is 101 Å². The number of allylic oxidation sites excluding steroid dienone is 2. The number of nitrogens with one attached hydrogen (secondary N) is 3. The third-order valence-electron chi connectivity index (χ3n) is 5.33. The van der Waals surface area contributed by atoms with Gasteiger partial charge in [-0.05, 0) is 71.1 Å². The van der Waals surface area contributed by atoms with Gasteiger partial charge in [-0.2, -0.15) is 18.3 Å². The lowest BCUT2D eigenvalue weighted by molar-refractivity contribution is -0.164. The minimum Gasteiger partial charge on any atom is -0.446 e. The van der Waals surface area contributed by atoms with Gasteiger partial charge in [0.2, 0.25) is 0 Å². The summed E-state index contributed by atoms with van der Waals surface area (Å²) in [4.78, 5) is 16.3. The Balaban J connectivity index is 1.60. The number of carbonyl (C=O) groups is 1. The average molecular weight is 454 g/mol. The van der Waals surface area contributed by atoms with Crippen LogP contribution in [0, 0.1) is 5.92 Å². The number of amides is 1. The van der Waals surface area contributed by atoms with Crippen LogP contribution in [0.1, 0.15) is 52.9 Å². The molecule has 1 heterocycles. The van der Waals surface area contributed by atoms with Gasteiger partial charge >= 0.3 is 12.3 Å². The lowest BCUT2D eigenvalue weighted by Crippen LogP contribution is -2.48. The van der Waals surface area contributed by atoms with Crippen molar-refractivity contribution in [2.75, 3.05) is 0 Å². The lowest BCUT2D eigenvalue weighted by atomic mass is 10.0. The number of ether oxygens (including phenoxy) is 1. The number of hydrogen-bond donors (Lipinski definition) is 3. The molecule has 2 aliphatic rings. The molecule has 0 aliphatic heterocycles. The van der Waals surface area contributed by atoms with Gasteiger partial charge in [0.1, 0.15) is 11.6 Å². The third-order valence-corrected chi connectivity index (χ3v) is 5.33. The molecule has 0 radical (unpaired) electrons. The van der Waals surface area contributed by atoms with Crippen LogP contribution in [-0.2, 0) is 4.74 Å². The molecule has 8 nitrogen and oxygen atoms in total. The Morgan fingerprint density at radius 3 is 2.62 bits per heavy atom. The number of alkyl carbamates (subject to hydrolysis) is 1. The quantitative estimate of drug-likeness (QED) is 0.426. The van der Waals surface area contributed by atoms with Gasteiger partial charge in [-0.15, -0.1) is 5.10 Å². The number of hydrogen-bond acceptors (Lipinski definition) is 7. The Bertz CT molecular complexity index is 847. The van der Waals surface area contributed by atoms with Gasteiger partial charge in [-0.25, -0.2) is 15.2 Å².